The minimum atomic E-state index is -0.0561. The van der Waals surface area contributed by atoms with Gasteiger partial charge in [-0.25, -0.2) is 9.97 Å². The van der Waals surface area contributed by atoms with Crippen molar-refractivity contribution in [2.75, 3.05) is 0 Å². The third-order valence-corrected chi connectivity index (χ3v) is 11.5. The fourth-order valence-corrected chi connectivity index (χ4v) is 9.56. The van der Waals surface area contributed by atoms with E-state index in [-0.39, 0.29) is 5.41 Å². The quantitative estimate of drug-likeness (QED) is 0.193. The highest BCUT2D eigenvalue weighted by Crippen LogP contribution is 2.56. The second-order valence-corrected chi connectivity index (χ2v) is 14.4. The van der Waals surface area contributed by atoms with E-state index in [9.17, 15) is 0 Å². The number of aromatic nitrogens is 3. The highest BCUT2D eigenvalue weighted by molar-refractivity contribution is 7.23. The van der Waals surface area contributed by atoms with Crippen LogP contribution in [0.4, 0.5) is 0 Å². The minimum Gasteiger partial charge on any atom is -0.308 e. The first-order chi connectivity index (χ1) is 23.6. The molecule has 0 unspecified atom stereocenters. The standard InChI is InChI=1S/C44H31N3S/c1-44(2)35-20-9-6-18-32(35)41-39(44)34-24-23-31-30-17-8-11-22-38(30)47(40(31)42(34)48-41)29-16-12-15-28(26-29)43-45-36-21-10-7-19-33(36)37(46-43)25-27-13-4-3-5-14-27/h3-24,26H,25H2,1-2H3. The summed E-state index contributed by atoms with van der Waals surface area (Å²) >= 11 is 1.94. The van der Waals surface area contributed by atoms with Gasteiger partial charge in [-0.2, -0.15) is 0 Å². The summed E-state index contributed by atoms with van der Waals surface area (Å²) in [6.45, 7) is 4.76. The minimum absolute atomic E-state index is 0.0561. The van der Waals surface area contributed by atoms with Crippen molar-refractivity contribution in [2.45, 2.75) is 25.7 Å². The second kappa shape index (κ2) is 10.2. The lowest BCUT2D eigenvalue weighted by Crippen LogP contribution is -2.14. The summed E-state index contributed by atoms with van der Waals surface area (Å²) in [6, 6.07) is 50.2. The molecule has 0 radical (unpaired) electrons. The van der Waals surface area contributed by atoms with Gasteiger partial charge < -0.3 is 4.57 Å². The summed E-state index contributed by atoms with van der Waals surface area (Å²) in [6.07, 6.45) is 0.754. The van der Waals surface area contributed by atoms with E-state index >= 15 is 0 Å². The topological polar surface area (TPSA) is 30.7 Å². The number of nitrogens with zero attached hydrogens (tertiary/aromatic N) is 3. The predicted molar refractivity (Wildman–Crippen MR) is 202 cm³/mol. The molecule has 4 heteroatoms. The molecule has 9 aromatic rings. The van der Waals surface area contributed by atoms with Crippen LogP contribution in [0.3, 0.4) is 0 Å². The van der Waals surface area contributed by atoms with Gasteiger partial charge in [0, 0.05) is 44.1 Å². The Balaban J connectivity index is 1.21. The molecule has 0 N–H and O–H groups in total. The third-order valence-electron chi connectivity index (χ3n) is 10.2. The molecule has 0 saturated carbocycles. The first-order valence-corrected chi connectivity index (χ1v) is 17.4. The SMILES string of the molecule is CC1(C)c2ccccc2-c2sc3c(ccc4c5ccccc5n(-c5cccc(-c6nc(Cc7ccccc7)c7ccccc7n6)c5)c43)c21. The van der Waals surface area contributed by atoms with Crippen molar-refractivity contribution in [3.63, 3.8) is 0 Å². The van der Waals surface area contributed by atoms with Gasteiger partial charge in [0.25, 0.3) is 0 Å². The molecule has 3 heterocycles. The van der Waals surface area contributed by atoms with Crippen LogP contribution in [0.1, 0.15) is 36.2 Å². The molecule has 0 bridgehead atoms. The molecular weight excluding hydrogens is 603 g/mol. The molecule has 3 nitrogen and oxygen atoms in total. The zero-order valence-corrected chi connectivity index (χ0v) is 27.6. The molecule has 0 saturated heterocycles. The van der Waals surface area contributed by atoms with Crippen LogP contribution in [0.5, 0.6) is 0 Å². The molecule has 3 aromatic heterocycles. The average Bonchev–Trinajstić information content (AvgIpc) is 3.75. The van der Waals surface area contributed by atoms with Gasteiger partial charge in [0.15, 0.2) is 5.82 Å². The van der Waals surface area contributed by atoms with Crippen molar-refractivity contribution < 1.29 is 0 Å². The summed E-state index contributed by atoms with van der Waals surface area (Å²) < 4.78 is 3.81. The number of hydrogen-bond acceptors (Lipinski definition) is 3. The lowest BCUT2D eigenvalue weighted by molar-refractivity contribution is 0.667. The normalized spacial score (nSPS) is 13.5. The molecule has 0 aliphatic heterocycles. The molecule has 1 aliphatic carbocycles. The Bertz CT molecular complexity index is 2730. The van der Waals surface area contributed by atoms with E-state index in [2.05, 4.69) is 158 Å². The lowest BCUT2D eigenvalue weighted by atomic mass is 9.81. The Hall–Kier alpha value is -5.58. The molecule has 1 aliphatic rings. The van der Waals surface area contributed by atoms with Crippen molar-refractivity contribution >= 4 is 54.1 Å². The maximum Gasteiger partial charge on any atom is 0.160 e. The predicted octanol–water partition coefficient (Wildman–Crippen LogP) is 11.5. The Morgan fingerprint density at radius 2 is 1.40 bits per heavy atom. The van der Waals surface area contributed by atoms with Crippen LogP contribution in [0.25, 0.3) is 70.3 Å². The monoisotopic (exact) mass is 633 g/mol. The number of rotatable bonds is 4. The van der Waals surface area contributed by atoms with Gasteiger partial charge >= 0.3 is 0 Å². The molecular formula is C44H31N3S. The zero-order valence-electron chi connectivity index (χ0n) is 26.7. The molecule has 0 fully saturated rings. The van der Waals surface area contributed by atoms with E-state index in [4.69, 9.17) is 9.97 Å². The van der Waals surface area contributed by atoms with Crippen molar-refractivity contribution in [3.05, 3.63) is 162 Å². The highest BCUT2D eigenvalue weighted by Gasteiger charge is 2.39. The van der Waals surface area contributed by atoms with E-state index in [0.717, 1.165) is 40.1 Å². The van der Waals surface area contributed by atoms with Crippen molar-refractivity contribution in [2.24, 2.45) is 0 Å². The molecule has 0 atom stereocenters. The van der Waals surface area contributed by atoms with E-state index in [1.807, 2.05) is 11.3 Å². The summed E-state index contributed by atoms with van der Waals surface area (Å²) in [5.74, 6) is 0.751. The van der Waals surface area contributed by atoms with Gasteiger partial charge in [-0.1, -0.05) is 129 Å². The van der Waals surface area contributed by atoms with E-state index in [1.165, 1.54) is 59.0 Å². The number of thiophene rings is 1. The average molecular weight is 634 g/mol. The van der Waals surface area contributed by atoms with Crippen LogP contribution >= 0.6 is 11.3 Å². The Morgan fingerprint density at radius 3 is 2.29 bits per heavy atom. The highest BCUT2D eigenvalue weighted by atomic mass is 32.1. The van der Waals surface area contributed by atoms with Crippen molar-refractivity contribution in [3.8, 4) is 27.5 Å². The largest absolute Gasteiger partial charge is 0.308 e. The van der Waals surface area contributed by atoms with Crippen LogP contribution in [0, 0.1) is 0 Å². The summed E-state index contributed by atoms with van der Waals surface area (Å²) in [5, 5.41) is 5.00. The van der Waals surface area contributed by atoms with E-state index in [0.29, 0.717) is 0 Å². The summed E-state index contributed by atoms with van der Waals surface area (Å²) in [5.41, 5.74) is 12.0. The number of hydrogen-bond donors (Lipinski definition) is 0. The first-order valence-electron chi connectivity index (χ1n) is 16.6. The third kappa shape index (κ3) is 3.93. The van der Waals surface area contributed by atoms with E-state index < -0.39 is 0 Å². The van der Waals surface area contributed by atoms with Crippen LogP contribution < -0.4 is 0 Å². The van der Waals surface area contributed by atoms with Crippen molar-refractivity contribution in [1.82, 2.24) is 14.5 Å². The van der Waals surface area contributed by atoms with Crippen LogP contribution in [-0.4, -0.2) is 14.5 Å². The maximum absolute atomic E-state index is 5.22. The zero-order chi connectivity index (χ0) is 32.0. The molecule has 48 heavy (non-hydrogen) atoms. The van der Waals surface area contributed by atoms with Gasteiger partial charge in [-0.15, -0.1) is 11.3 Å². The summed E-state index contributed by atoms with van der Waals surface area (Å²) in [7, 11) is 0. The van der Waals surface area contributed by atoms with Crippen LogP contribution in [-0.2, 0) is 11.8 Å². The fraction of sp³-hybridized carbons (Fsp3) is 0.0909. The number of para-hydroxylation sites is 2. The van der Waals surface area contributed by atoms with E-state index in [1.54, 1.807) is 0 Å². The Kier molecular flexibility index (Phi) is 5.85. The molecule has 0 spiro atoms. The maximum atomic E-state index is 5.22. The molecule has 10 rings (SSSR count). The van der Waals surface area contributed by atoms with Gasteiger partial charge in [0.2, 0.25) is 0 Å². The first kappa shape index (κ1) is 27.5. The number of fused-ring (bicyclic) bond motifs is 10. The second-order valence-electron chi connectivity index (χ2n) is 13.4. The lowest BCUT2D eigenvalue weighted by Gasteiger charge is -2.21. The Morgan fingerprint density at radius 1 is 0.646 bits per heavy atom. The molecule has 6 aromatic carbocycles. The Labute approximate surface area is 282 Å². The smallest absolute Gasteiger partial charge is 0.160 e. The number of benzene rings is 6. The fourth-order valence-electron chi connectivity index (χ4n) is 8.02. The van der Waals surface area contributed by atoms with Gasteiger partial charge in [-0.05, 0) is 51.9 Å². The van der Waals surface area contributed by atoms with Crippen LogP contribution in [0.2, 0.25) is 0 Å². The molecule has 0 amide bonds. The summed E-state index contributed by atoms with van der Waals surface area (Å²) in [4.78, 5) is 11.7. The van der Waals surface area contributed by atoms with Crippen molar-refractivity contribution in [1.29, 1.82) is 0 Å². The molecule has 228 valence electrons. The van der Waals surface area contributed by atoms with Gasteiger partial charge in [-0.3, -0.25) is 0 Å². The van der Waals surface area contributed by atoms with Crippen LogP contribution in [0.15, 0.2) is 140 Å². The van der Waals surface area contributed by atoms with Gasteiger partial charge in [0.05, 0.1) is 26.9 Å². The van der Waals surface area contributed by atoms with Gasteiger partial charge in [0.1, 0.15) is 0 Å².